The average Bonchev–Trinajstić information content (AvgIpc) is 3.04. The van der Waals surface area contributed by atoms with E-state index in [1.165, 1.54) is 0 Å². The van der Waals surface area contributed by atoms with Gasteiger partial charge in [0, 0.05) is 27.1 Å². The summed E-state index contributed by atoms with van der Waals surface area (Å²) in [5.74, 6) is -0.865. The predicted molar refractivity (Wildman–Crippen MR) is 159 cm³/mol. The molecule has 0 aromatic heterocycles. The van der Waals surface area contributed by atoms with E-state index in [4.69, 9.17) is 18.9 Å². The lowest BCUT2D eigenvalue weighted by Crippen LogP contribution is -2.19. The molecule has 8 heteroatoms. The van der Waals surface area contributed by atoms with E-state index < -0.39 is 23.9 Å². The van der Waals surface area contributed by atoms with Crippen LogP contribution < -0.4 is 9.47 Å². The Labute approximate surface area is 249 Å². The van der Waals surface area contributed by atoms with Crippen LogP contribution in [0.25, 0.3) is 32.7 Å². The maximum Gasteiger partial charge on any atom is 0.346 e. The van der Waals surface area contributed by atoms with Crippen molar-refractivity contribution in [2.75, 3.05) is 0 Å². The Morgan fingerprint density at radius 1 is 0.409 bits per heavy atom. The summed E-state index contributed by atoms with van der Waals surface area (Å²) in [5.41, 5.74) is 2.77. The van der Waals surface area contributed by atoms with Crippen LogP contribution in [0, 0.1) is 0 Å². The molecule has 0 unspecified atom stereocenters. The van der Waals surface area contributed by atoms with E-state index in [1.54, 1.807) is 72.8 Å². The van der Waals surface area contributed by atoms with Crippen molar-refractivity contribution >= 4 is 45.4 Å². The smallest absolute Gasteiger partial charge is 0.346 e. The minimum Gasteiger partial charge on any atom is -0.457 e. The molecule has 0 saturated heterocycles. The average molecular weight is 579 g/mol. The fraction of sp³-hybridized carbons (Fsp3) is 0. The zero-order valence-corrected chi connectivity index (χ0v) is 22.7. The minimum absolute atomic E-state index is 0.297. The second kappa shape index (κ2) is 9.64. The molecular weight excluding hydrogens is 560 g/mol. The number of carbonyl (C=O) groups excluding carboxylic acids is 4. The number of esters is 4. The van der Waals surface area contributed by atoms with Gasteiger partial charge >= 0.3 is 23.9 Å². The van der Waals surface area contributed by atoms with Crippen molar-refractivity contribution in [2.45, 2.75) is 0 Å². The van der Waals surface area contributed by atoms with Crippen LogP contribution in [-0.4, -0.2) is 23.9 Å². The Balaban J connectivity index is 1.23. The fourth-order valence-electron chi connectivity index (χ4n) is 5.76. The van der Waals surface area contributed by atoms with Gasteiger partial charge in [-0.1, -0.05) is 54.6 Å². The Morgan fingerprint density at radius 2 is 0.909 bits per heavy atom. The van der Waals surface area contributed by atoms with Crippen molar-refractivity contribution < 1.29 is 38.1 Å². The van der Waals surface area contributed by atoms with Crippen LogP contribution in [0.3, 0.4) is 0 Å². The summed E-state index contributed by atoms with van der Waals surface area (Å²) in [5, 5.41) is 2.17. The highest BCUT2D eigenvalue weighted by Crippen LogP contribution is 2.42. The van der Waals surface area contributed by atoms with Crippen molar-refractivity contribution in [1.82, 2.24) is 0 Å². The molecule has 0 bridgehead atoms. The number of benzene rings is 6. The molecule has 0 aliphatic carbocycles. The highest BCUT2D eigenvalue weighted by Gasteiger charge is 2.30. The van der Waals surface area contributed by atoms with E-state index >= 15 is 0 Å². The first kappa shape index (κ1) is 25.4. The summed E-state index contributed by atoms with van der Waals surface area (Å²) >= 11 is 0. The van der Waals surface area contributed by atoms with Gasteiger partial charge in [0.15, 0.2) is 0 Å². The molecule has 6 aromatic rings. The topological polar surface area (TPSA) is 105 Å². The molecule has 0 spiro atoms. The van der Waals surface area contributed by atoms with Gasteiger partial charge < -0.3 is 18.9 Å². The standard InChI is InChI=1S/C36H18O8/c37-33-23-10-4-8-21-28(16-13-25(31(21)23)35(39)43-33)41-20-12-15-30(27(18-20)19-6-2-1-3-7-19)42-29-17-14-26-32-22(29)9-5-11-24(32)34(38)44-36(26)40/h1-18H. The Bertz CT molecular complexity index is 2210. The Morgan fingerprint density at radius 3 is 1.48 bits per heavy atom. The van der Waals surface area contributed by atoms with E-state index in [0.29, 0.717) is 66.8 Å². The third kappa shape index (κ3) is 3.93. The molecule has 8 rings (SSSR count). The predicted octanol–water partition coefficient (Wildman–Crippen LogP) is 7.87. The van der Waals surface area contributed by atoms with Crippen LogP contribution in [0.4, 0.5) is 0 Å². The molecule has 0 amide bonds. The lowest BCUT2D eigenvalue weighted by atomic mass is 9.96. The van der Waals surface area contributed by atoms with Crippen LogP contribution in [0.15, 0.2) is 109 Å². The summed E-state index contributed by atoms with van der Waals surface area (Å²) in [6.07, 6.45) is 0. The van der Waals surface area contributed by atoms with Crippen LogP contribution in [0.5, 0.6) is 23.0 Å². The fourth-order valence-corrected chi connectivity index (χ4v) is 5.76. The third-order valence-electron chi connectivity index (χ3n) is 7.74. The molecule has 6 aromatic carbocycles. The summed E-state index contributed by atoms with van der Waals surface area (Å²) in [6.45, 7) is 0. The van der Waals surface area contributed by atoms with Crippen molar-refractivity contribution in [3.63, 3.8) is 0 Å². The molecule has 0 N–H and O–H groups in total. The normalized spacial score (nSPS) is 13.5. The maximum absolute atomic E-state index is 12.4. The number of carbonyl (C=O) groups is 4. The van der Waals surface area contributed by atoms with E-state index in [-0.39, 0.29) is 0 Å². The zero-order chi connectivity index (χ0) is 29.9. The van der Waals surface area contributed by atoms with Crippen LogP contribution >= 0.6 is 0 Å². The van der Waals surface area contributed by atoms with Gasteiger partial charge in [-0.2, -0.15) is 0 Å². The van der Waals surface area contributed by atoms with Gasteiger partial charge in [0.25, 0.3) is 0 Å². The molecule has 2 aliphatic heterocycles. The van der Waals surface area contributed by atoms with Gasteiger partial charge in [0.05, 0.1) is 22.3 Å². The number of hydrogen-bond donors (Lipinski definition) is 0. The molecule has 0 radical (unpaired) electrons. The SMILES string of the molecule is O=C1OC(=O)c2ccc(Oc3ccc(Oc4ccc5c6c(cccc46)C(=O)OC5=O)c(-c4ccccc4)c3)c3cccc1c23. The van der Waals surface area contributed by atoms with Crippen molar-refractivity contribution in [3.05, 3.63) is 131 Å². The van der Waals surface area contributed by atoms with E-state index in [0.717, 1.165) is 11.1 Å². The van der Waals surface area contributed by atoms with E-state index in [1.807, 2.05) is 36.4 Å². The van der Waals surface area contributed by atoms with Crippen molar-refractivity contribution in [1.29, 1.82) is 0 Å². The van der Waals surface area contributed by atoms with Gasteiger partial charge in [-0.3, -0.25) is 0 Å². The van der Waals surface area contributed by atoms with Crippen LogP contribution in [0.2, 0.25) is 0 Å². The Hall–Kier alpha value is -6.28. The van der Waals surface area contributed by atoms with E-state index in [2.05, 4.69) is 0 Å². The lowest BCUT2D eigenvalue weighted by molar-refractivity contribution is 0.0373. The van der Waals surface area contributed by atoms with Gasteiger partial charge in [-0.25, -0.2) is 19.2 Å². The number of ether oxygens (including phenoxy) is 4. The largest absolute Gasteiger partial charge is 0.457 e. The lowest BCUT2D eigenvalue weighted by Gasteiger charge is -2.19. The second-order valence-corrected chi connectivity index (χ2v) is 10.3. The molecule has 2 aliphatic rings. The Kier molecular flexibility index (Phi) is 5.57. The molecule has 0 atom stereocenters. The molecule has 8 nitrogen and oxygen atoms in total. The number of cyclic esters (lactones) is 4. The number of hydrogen-bond acceptors (Lipinski definition) is 8. The monoisotopic (exact) mass is 578 g/mol. The second-order valence-electron chi connectivity index (χ2n) is 10.3. The summed E-state index contributed by atoms with van der Waals surface area (Å²) in [4.78, 5) is 49.6. The molecule has 0 fully saturated rings. The summed E-state index contributed by atoms with van der Waals surface area (Å²) in [7, 11) is 0. The molecule has 2 heterocycles. The molecular formula is C36H18O8. The first-order chi connectivity index (χ1) is 21.5. The van der Waals surface area contributed by atoms with Crippen LogP contribution in [0.1, 0.15) is 41.4 Å². The van der Waals surface area contributed by atoms with Crippen molar-refractivity contribution in [3.8, 4) is 34.1 Å². The van der Waals surface area contributed by atoms with E-state index in [9.17, 15) is 19.2 Å². The minimum atomic E-state index is -0.698. The highest BCUT2D eigenvalue weighted by atomic mass is 16.6. The first-order valence-corrected chi connectivity index (χ1v) is 13.7. The third-order valence-corrected chi connectivity index (χ3v) is 7.74. The van der Waals surface area contributed by atoms with Gasteiger partial charge in [-0.05, 0) is 60.2 Å². The molecule has 44 heavy (non-hydrogen) atoms. The molecule has 0 saturated carbocycles. The first-order valence-electron chi connectivity index (χ1n) is 13.7. The van der Waals surface area contributed by atoms with Gasteiger partial charge in [-0.15, -0.1) is 0 Å². The summed E-state index contributed by atoms with van der Waals surface area (Å²) in [6, 6.07) is 31.8. The van der Waals surface area contributed by atoms with Crippen LogP contribution in [-0.2, 0) is 9.47 Å². The number of rotatable bonds is 5. The zero-order valence-electron chi connectivity index (χ0n) is 22.7. The summed E-state index contributed by atoms with van der Waals surface area (Å²) < 4.78 is 22.6. The van der Waals surface area contributed by atoms with Gasteiger partial charge in [0.1, 0.15) is 23.0 Å². The van der Waals surface area contributed by atoms with Crippen molar-refractivity contribution in [2.24, 2.45) is 0 Å². The quantitative estimate of drug-likeness (QED) is 0.150. The maximum atomic E-state index is 12.4. The highest BCUT2D eigenvalue weighted by molar-refractivity contribution is 6.22. The molecule has 210 valence electrons. The van der Waals surface area contributed by atoms with Gasteiger partial charge in [0.2, 0.25) is 0 Å².